The fourth-order valence-electron chi connectivity index (χ4n) is 4.67. The highest BCUT2D eigenvalue weighted by molar-refractivity contribution is 6.16. The maximum Gasteiger partial charge on any atom is 0.255 e. The van der Waals surface area contributed by atoms with E-state index in [1.165, 1.54) is 24.6 Å². The van der Waals surface area contributed by atoms with E-state index in [2.05, 4.69) is 38.8 Å². The zero-order valence-corrected chi connectivity index (χ0v) is 20.5. The molecule has 0 fully saturated rings. The van der Waals surface area contributed by atoms with Gasteiger partial charge >= 0.3 is 0 Å². The van der Waals surface area contributed by atoms with Gasteiger partial charge in [-0.25, -0.2) is 9.97 Å². The van der Waals surface area contributed by atoms with Gasteiger partial charge in [0.2, 0.25) is 0 Å². The van der Waals surface area contributed by atoms with Gasteiger partial charge in [-0.1, -0.05) is 60.7 Å². The number of para-hydroxylation sites is 1. The summed E-state index contributed by atoms with van der Waals surface area (Å²) in [5.41, 5.74) is 11.6. The number of nitrogens with one attached hydrogen (secondary N) is 3. The molecule has 8 nitrogen and oxygen atoms in total. The number of nitrogens with two attached hydrogens (primary N) is 1. The van der Waals surface area contributed by atoms with Crippen molar-refractivity contribution in [2.75, 3.05) is 18.2 Å². The largest absolute Gasteiger partial charge is 0.496 e. The number of aryl methyl sites for hydroxylation is 1. The van der Waals surface area contributed by atoms with Gasteiger partial charge in [-0.05, 0) is 41.7 Å². The lowest BCUT2D eigenvalue weighted by Gasteiger charge is -2.19. The third kappa shape index (κ3) is 4.99. The molecule has 0 spiro atoms. The molecule has 186 valence electrons. The highest BCUT2D eigenvalue weighted by Crippen LogP contribution is 2.35. The molecule has 0 saturated carbocycles. The second kappa shape index (κ2) is 10.5. The van der Waals surface area contributed by atoms with Gasteiger partial charge in [0.05, 0.1) is 30.0 Å². The molecule has 4 aromatic rings. The third-order valence-corrected chi connectivity index (χ3v) is 6.62. The van der Waals surface area contributed by atoms with Gasteiger partial charge in [-0.3, -0.25) is 10.2 Å². The number of carbonyl (C=O) groups is 1. The molecule has 0 bridgehead atoms. The second-order valence-electron chi connectivity index (χ2n) is 8.87. The molecule has 0 radical (unpaired) electrons. The number of amides is 1. The quantitative estimate of drug-likeness (QED) is 0.268. The van der Waals surface area contributed by atoms with Gasteiger partial charge in [-0.15, -0.1) is 0 Å². The number of hydrogen-bond donors (Lipinski definition) is 4. The second-order valence-corrected chi connectivity index (χ2v) is 8.87. The lowest BCUT2D eigenvalue weighted by Crippen LogP contribution is -2.23. The number of hydrogen-bond acceptors (Lipinski definition) is 7. The van der Waals surface area contributed by atoms with Crippen molar-refractivity contribution in [3.8, 4) is 5.75 Å². The Bertz CT molecular complexity index is 1450. The number of aromatic nitrogens is 2. The van der Waals surface area contributed by atoms with E-state index in [4.69, 9.17) is 15.9 Å². The molecule has 1 amide bonds. The highest BCUT2D eigenvalue weighted by atomic mass is 16.5. The molecule has 0 saturated heterocycles. The van der Waals surface area contributed by atoms with Crippen molar-refractivity contribution in [3.63, 3.8) is 0 Å². The summed E-state index contributed by atoms with van der Waals surface area (Å²) in [6, 6.07) is 23.0. The summed E-state index contributed by atoms with van der Waals surface area (Å²) in [6.45, 7) is 0.342. The van der Waals surface area contributed by atoms with Gasteiger partial charge in [0.25, 0.3) is 5.91 Å². The van der Waals surface area contributed by atoms with E-state index in [0.29, 0.717) is 34.8 Å². The van der Waals surface area contributed by atoms with Crippen LogP contribution in [0.2, 0.25) is 0 Å². The van der Waals surface area contributed by atoms with Crippen molar-refractivity contribution in [1.82, 2.24) is 15.3 Å². The first-order chi connectivity index (χ1) is 18.0. The predicted molar refractivity (Wildman–Crippen MR) is 144 cm³/mol. The van der Waals surface area contributed by atoms with Crippen LogP contribution in [0.25, 0.3) is 0 Å². The van der Waals surface area contributed by atoms with Crippen LogP contribution in [0.5, 0.6) is 5.75 Å². The Morgan fingerprint density at radius 1 is 1.05 bits per heavy atom. The number of fused-ring (bicyclic) bond motifs is 1. The first-order valence-corrected chi connectivity index (χ1v) is 12.1. The molecule has 1 aromatic heterocycles. The first kappa shape index (κ1) is 24.0. The van der Waals surface area contributed by atoms with Crippen LogP contribution in [-0.4, -0.2) is 28.7 Å². The maximum absolute atomic E-state index is 12.6. The molecule has 0 aliphatic heterocycles. The molecular formula is C29H28N6O2. The normalized spacial score (nSPS) is 14.0. The summed E-state index contributed by atoms with van der Waals surface area (Å²) in [5.74, 6) is 1.11. The average molecular weight is 493 g/mol. The Morgan fingerprint density at radius 2 is 1.81 bits per heavy atom. The van der Waals surface area contributed by atoms with Crippen molar-refractivity contribution in [2.45, 2.75) is 25.4 Å². The Balaban J connectivity index is 1.30. The summed E-state index contributed by atoms with van der Waals surface area (Å²) < 4.78 is 5.27. The van der Waals surface area contributed by atoms with Crippen molar-refractivity contribution in [1.29, 1.82) is 5.41 Å². The van der Waals surface area contributed by atoms with E-state index < -0.39 is 0 Å². The highest BCUT2D eigenvalue weighted by Gasteiger charge is 2.25. The zero-order valence-electron chi connectivity index (χ0n) is 20.5. The van der Waals surface area contributed by atoms with Crippen molar-refractivity contribution >= 4 is 23.3 Å². The Morgan fingerprint density at radius 3 is 2.62 bits per heavy atom. The van der Waals surface area contributed by atoms with Gasteiger partial charge in [0, 0.05) is 12.1 Å². The Kier molecular flexibility index (Phi) is 6.81. The molecule has 1 aliphatic rings. The summed E-state index contributed by atoms with van der Waals surface area (Å²) >= 11 is 0. The molecule has 1 heterocycles. The van der Waals surface area contributed by atoms with E-state index in [-0.39, 0.29) is 23.5 Å². The summed E-state index contributed by atoms with van der Waals surface area (Å²) in [6.07, 6.45) is 3.37. The van der Waals surface area contributed by atoms with E-state index in [1.54, 1.807) is 18.2 Å². The molecule has 1 atom stereocenters. The summed E-state index contributed by atoms with van der Waals surface area (Å²) in [5, 5.41) is 15.3. The van der Waals surface area contributed by atoms with E-state index in [1.807, 2.05) is 36.4 Å². The molecule has 8 heteroatoms. The van der Waals surface area contributed by atoms with Crippen LogP contribution in [0.3, 0.4) is 0 Å². The van der Waals surface area contributed by atoms with Gasteiger partial charge < -0.3 is 21.1 Å². The maximum atomic E-state index is 12.6. The number of methoxy groups -OCH3 is 1. The lowest BCUT2D eigenvalue weighted by atomic mass is 10.0. The Labute approximate surface area is 215 Å². The number of nitrogen functional groups attached to an aromatic ring is 1. The van der Waals surface area contributed by atoms with Crippen LogP contribution in [0.15, 0.2) is 79.1 Å². The van der Waals surface area contributed by atoms with Gasteiger partial charge in [0.15, 0.2) is 0 Å². The van der Waals surface area contributed by atoms with Crippen molar-refractivity contribution in [3.05, 3.63) is 113 Å². The minimum absolute atomic E-state index is 0.103. The molecule has 37 heavy (non-hydrogen) atoms. The molecule has 5 N–H and O–H groups in total. The number of carbonyl (C=O) groups excluding carboxylic acids is 1. The fraction of sp³-hybridized carbons (Fsp3) is 0.172. The minimum Gasteiger partial charge on any atom is -0.496 e. The van der Waals surface area contributed by atoms with E-state index >= 15 is 0 Å². The fourth-order valence-corrected chi connectivity index (χ4v) is 4.67. The summed E-state index contributed by atoms with van der Waals surface area (Å²) in [7, 11) is 1.54. The van der Waals surface area contributed by atoms with Crippen molar-refractivity contribution in [2.24, 2.45) is 0 Å². The van der Waals surface area contributed by atoms with Crippen LogP contribution in [0.4, 0.5) is 11.6 Å². The number of anilines is 2. The van der Waals surface area contributed by atoms with Crippen LogP contribution in [0.1, 0.15) is 50.6 Å². The number of benzene rings is 3. The Hall–Kier alpha value is -4.72. The minimum atomic E-state index is -0.215. The van der Waals surface area contributed by atoms with Gasteiger partial charge in [-0.2, -0.15) is 0 Å². The van der Waals surface area contributed by atoms with Crippen molar-refractivity contribution < 1.29 is 9.53 Å². The number of rotatable bonds is 8. The topological polar surface area (TPSA) is 126 Å². The molecule has 1 unspecified atom stereocenters. The van der Waals surface area contributed by atoms with E-state index in [0.717, 1.165) is 18.4 Å². The average Bonchev–Trinajstić information content (AvgIpc) is 3.34. The summed E-state index contributed by atoms with van der Waals surface area (Å²) in [4.78, 5) is 21.2. The smallest absolute Gasteiger partial charge is 0.255 e. The first-order valence-electron chi connectivity index (χ1n) is 12.1. The monoisotopic (exact) mass is 492 g/mol. The van der Waals surface area contributed by atoms with Crippen LogP contribution < -0.4 is 21.1 Å². The van der Waals surface area contributed by atoms with Crippen LogP contribution in [-0.2, 0) is 13.0 Å². The SMILES string of the molecule is COc1ccccc1C(=O)NCc1ccc(C(=N)c2c(N)ncnc2NC2CCc3ccccc32)cc1. The third-order valence-electron chi connectivity index (χ3n) is 6.62. The number of ether oxygens (including phenoxy) is 1. The predicted octanol–water partition coefficient (Wildman–Crippen LogP) is 4.51. The molecular weight excluding hydrogens is 464 g/mol. The molecule has 3 aromatic carbocycles. The zero-order chi connectivity index (χ0) is 25.8. The van der Waals surface area contributed by atoms with E-state index in [9.17, 15) is 4.79 Å². The van der Waals surface area contributed by atoms with Gasteiger partial charge in [0.1, 0.15) is 23.7 Å². The molecule has 1 aliphatic carbocycles. The standard InChI is InChI=1S/C29H28N6O2/c1-37-24-9-5-4-8-22(24)29(36)32-16-18-10-12-20(13-11-18)26(30)25-27(31)33-17-34-28(25)35-23-15-14-19-6-2-3-7-21(19)23/h2-13,17,23,30H,14-16H2,1H3,(H,32,36)(H3,31,33,34,35). The van der Waals surface area contributed by atoms with Crippen LogP contribution >= 0.6 is 0 Å². The number of nitrogens with zero attached hydrogens (tertiary/aromatic N) is 2. The lowest BCUT2D eigenvalue weighted by molar-refractivity contribution is 0.0948. The molecule has 5 rings (SSSR count). The van der Waals surface area contributed by atoms with Crippen LogP contribution in [0, 0.1) is 5.41 Å².